The van der Waals surface area contributed by atoms with Gasteiger partial charge in [0.15, 0.2) is 0 Å². The standard InChI is InChI=1S/C16H20N2OS/c1-20-14-9-5-4-8-13(14)17-15-10-11-6-2-3-7-12(11)16(19)18-15/h2-3,6-7,10,13-14H,4-5,8-9H2,1H3,(H2,17,18,19). The van der Waals surface area contributed by atoms with E-state index in [0.717, 1.165) is 16.6 Å². The van der Waals surface area contributed by atoms with Gasteiger partial charge in [-0.3, -0.25) is 4.79 Å². The van der Waals surface area contributed by atoms with Crippen molar-refractivity contribution in [3.63, 3.8) is 0 Å². The largest absolute Gasteiger partial charge is 0.368 e. The van der Waals surface area contributed by atoms with Crippen LogP contribution in [0, 0.1) is 0 Å². The quantitative estimate of drug-likeness (QED) is 0.907. The smallest absolute Gasteiger partial charge is 0.257 e. The summed E-state index contributed by atoms with van der Waals surface area (Å²) in [5.74, 6) is 0.847. The van der Waals surface area contributed by atoms with Crippen molar-refractivity contribution in [1.29, 1.82) is 0 Å². The van der Waals surface area contributed by atoms with Crippen LogP contribution in [-0.2, 0) is 0 Å². The Kier molecular flexibility index (Phi) is 4.01. The van der Waals surface area contributed by atoms with Crippen LogP contribution in [-0.4, -0.2) is 22.5 Å². The summed E-state index contributed by atoms with van der Waals surface area (Å²) in [6.45, 7) is 0. The lowest BCUT2D eigenvalue weighted by molar-refractivity contribution is 0.474. The molecule has 0 saturated heterocycles. The second kappa shape index (κ2) is 5.92. The highest BCUT2D eigenvalue weighted by Gasteiger charge is 2.24. The van der Waals surface area contributed by atoms with E-state index in [4.69, 9.17) is 0 Å². The first-order valence-corrected chi connectivity index (χ1v) is 8.48. The van der Waals surface area contributed by atoms with Gasteiger partial charge in [-0.2, -0.15) is 11.8 Å². The SMILES string of the molecule is CSC1CCCCC1Nc1cc2ccccc2c(=O)[nH]1. The number of nitrogens with one attached hydrogen (secondary N) is 2. The Morgan fingerprint density at radius 1 is 1.25 bits per heavy atom. The summed E-state index contributed by atoms with van der Waals surface area (Å²) in [6, 6.07) is 10.2. The maximum atomic E-state index is 12.1. The number of anilines is 1. The van der Waals surface area contributed by atoms with E-state index in [2.05, 4.69) is 16.6 Å². The molecule has 0 spiro atoms. The summed E-state index contributed by atoms with van der Waals surface area (Å²) >= 11 is 1.93. The number of H-pyrrole nitrogens is 1. The van der Waals surface area contributed by atoms with Crippen molar-refractivity contribution in [2.75, 3.05) is 11.6 Å². The van der Waals surface area contributed by atoms with Crippen molar-refractivity contribution < 1.29 is 0 Å². The number of aromatic nitrogens is 1. The summed E-state index contributed by atoms with van der Waals surface area (Å²) in [7, 11) is 0. The molecule has 1 heterocycles. The molecule has 106 valence electrons. The Bertz CT molecular complexity index is 652. The van der Waals surface area contributed by atoms with Gasteiger partial charge in [0.1, 0.15) is 5.82 Å². The molecule has 1 aliphatic rings. The van der Waals surface area contributed by atoms with E-state index in [0.29, 0.717) is 11.3 Å². The number of thioether (sulfide) groups is 1. The molecule has 2 atom stereocenters. The van der Waals surface area contributed by atoms with E-state index in [1.807, 2.05) is 42.1 Å². The average molecular weight is 288 g/mol. The zero-order valence-corrected chi connectivity index (χ0v) is 12.5. The first kappa shape index (κ1) is 13.6. The summed E-state index contributed by atoms with van der Waals surface area (Å²) < 4.78 is 0. The lowest BCUT2D eigenvalue weighted by atomic mass is 9.95. The lowest BCUT2D eigenvalue weighted by Gasteiger charge is -2.31. The maximum Gasteiger partial charge on any atom is 0.257 e. The van der Waals surface area contributed by atoms with Crippen molar-refractivity contribution in [3.8, 4) is 0 Å². The third-order valence-corrected chi connectivity index (χ3v) is 5.27. The molecule has 1 fully saturated rings. The first-order valence-electron chi connectivity index (χ1n) is 7.19. The predicted octanol–water partition coefficient (Wildman–Crippen LogP) is 3.61. The molecule has 0 amide bonds. The van der Waals surface area contributed by atoms with Crippen molar-refractivity contribution in [2.45, 2.75) is 37.0 Å². The van der Waals surface area contributed by atoms with Crippen molar-refractivity contribution in [2.24, 2.45) is 0 Å². The van der Waals surface area contributed by atoms with E-state index in [1.165, 1.54) is 25.7 Å². The van der Waals surface area contributed by atoms with Crippen LogP contribution in [0.3, 0.4) is 0 Å². The molecule has 1 aromatic carbocycles. The van der Waals surface area contributed by atoms with Gasteiger partial charge in [0.25, 0.3) is 5.56 Å². The summed E-state index contributed by atoms with van der Waals surface area (Å²) in [6.07, 6.45) is 7.20. The number of fused-ring (bicyclic) bond motifs is 1. The fourth-order valence-corrected chi connectivity index (χ4v) is 3.97. The van der Waals surface area contributed by atoms with E-state index in [-0.39, 0.29) is 5.56 Å². The van der Waals surface area contributed by atoms with E-state index in [9.17, 15) is 4.79 Å². The Hall–Kier alpha value is -1.42. The van der Waals surface area contributed by atoms with Crippen LogP contribution in [0.2, 0.25) is 0 Å². The maximum absolute atomic E-state index is 12.1. The lowest BCUT2D eigenvalue weighted by Crippen LogP contribution is -2.35. The number of pyridine rings is 1. The monoisotopic (exact) mass is 288 g/mol. The minimum Gasteiger partial charge on any atom is -0.368 e. The van der Waals surface area contributed by atoms with Gasteiger partial charge in [0.05, 0.1) is 0 Å². The fraction of sp³-hybridized carbons (Fsp3) is 0.438. The molecular formula is C16H20N2OS. The molecule has 1 aliphatic carbocycles. The molecule has 3 rings (SSSR count). The molecule has 2 unspecified atom stereocenters. The van der Waals surface area contributed by atoms with Crippen molar-refractivity contribution >= 4 is 28.4 Å². The van der Waals surface area contributed by atoms with Crippen LogP contribution in [0.1, 0.15) is 25.7 Å². The molecule has 1 saturated carbocycles. The Labute approximate surface area is 123 Å². The number of benzene rings is 1. The molecule has 20 heavy (non-hydrogen) atoms. The normalized spacial score (nSPS) is 22.9. The van der Waals surface area contributed by atoms with Gasteiger partial charge in [-0.05, 0) is 36.6 Å². The Balaban J connectivity index is 1.88. The first-order chi connectivity index (χ1) is 9.78. The molecule has 0 bridgehead atoms. The van der Waals surface area contributed by atoms with Crippen LogP contribution < -0.4 is 10.9 Å². The number of hydrogen-bond donors (Lipinski definition) is 2. The average Bonchev–Trinajstić information content (AvgIpc) is 2.48. The molecular weight excluding hydrogens is 268 g/mol. The minimum atomic E-state index is -0.0119. The molecule has 1 aromatic heterocycles. The number of hydrogen-bond acceptors (Lipinski definition) is 3. The van der Waals surface area contributed by atoms with Crippen molar-refractivity contribution in [1.82, 2.24) is 4.98 Å². The topological polar surface area (TPSA) is 44.9 Å². The summed E-state index contributed by atoms with van der Waals surface area (Å²) in [4.78, 5) is 15.1. The molecule has 0 aliphatic heterocycles. The van der Waals surface area contributed by atoms with Crippen LogP contribution in [0.15, 0.2) is 35.1 Å². The molecule has 2 aromatic rings. The Morgan fingerprint density at radius 3 is 2.90 bits per heavy atom. The van der Waals surface area contributed by atoms with Gasteiger partial charge in [0, 0.05) is 16.7 Å². The highest BCUT2D eigenvalue weighted by molar-refractivity contribution is 7.99. The van der Waals surface area contributed by atoms with Crippen LogP contribution in [0.5, 0.6) is 0 Å². The van der Waals surface area contributed by atoms with Crippen LogP contribution in [0.4, 0.5) is 5.82 Å². The van der Waals surface area contributed by atoms with E-state index < -0.39 is 0 Å². The fourth-order valence-electron chi connectivity index (χ4n) is 3.03. The number of rotatable bonds is 3. The van der Waals surface area contributed by atoms with Crippen LogP contribution in [0.25, 0.3) is 10.8 Å². The van der Waals surface area contributed by atoms with E-state index in [1.54, 1.807) is 0 Å². The molecule has 2 N–H and O–H groups in total. The predicted molar refractivity (Wildman–Crippen MR) is 87.8 cm³/mol. The second-order valence-corrected chi connectivity index (χ2v) is 6.49. The van der Waals surface area contributed by atoms with Gasteiger partial charge in [-0.25, -0.2) is 0 Å². The van der Waals surface area contributed by atoms with Crippen LogP contribution >= 0.6 is 11.8 Å². The van der Waals surface area contributed by atoms with Gasteiger partial charge in [-0.15, -0.1) is 0 Å². The van der Waals surface area contributed by atoms with Gasteiger partial charge in [-0.1, -0.05) is 31.0 Å². The third kappa shape index (κ3) is 2.70. The minimum absolute atomic E-state index is 0.0119. The highest BCUT2D eigenvalue weighted by Crippen LogP contribution is 2.29. The second-order valence-electron chi connectivity index (χ2n) is 5.41. The third-order valence-electron chi connectivity index (χ3n) is 4.10. The van der Waals surface area contributed by atoms with Gasteiger partial charge in [0.2, 0.25) is 0 Å². The Morgan fingerprint density at radius 2 is 2.05 bits per heavy atom. The number of aromatic amines is 1. The van der Waals surface area contributed by atoms with Gasteiger partial charge < -0.3 is 10.3 Å². The zero-order chi connectivity index (χ0) is 13.9. The highest BCUT2D eigenvalue weighted by atomic mass is 32.2. The summed E-state index contributed by atoms with van der Waals surface area (Å²) in [5, 5.41) is 5.92. The van der Waals surface area contributed by atoms with E-state index >= 15 is 0 Å². The molecule has 0 radical (unpaired) electrons. The van der Waals surface area contributed by atoms with Gasteiger partial charge >= 0.3 is 0 Å². The molecule has 4 heteroatoms. The van der Waals surface area contributed by atoms with Crippen molar-refractivity contribution in [3.05, 3.63) is 40.7 Å². The summed E-state index contributed by atoms with van der Waals surface area (Å²) in [5.41, 5.74) is -0.0119. The molecule has 3 nitrogen and oxygen atoms in total. The zero-order valence-electron chi connectivity index (χ0n) is 11.7.